The van der Waals surface area contributed by atoms with Crippen LogP contribution in [-0.2, 0) is 20.1 Å². The first-order valence-corrected chi connectivity index (χ1v) is 6.49. The zero-order chi connectivity index (χ0) is 14.5. The van der Waals surface area contributed by atoms with Gasteiger partial charge in [0, 0.05) is 13.1 Å². The van der Waals surface area contributed by atoms with Crippen LogP contribution < -0.4 is 15.2 Å². The van der Waals surface area contributed by atoms with E-state index in [9.17, 15) is 0 Å². The van der Waals surface area contributed by atoms with Gasteiger partial charge in [-0.3, -0.25) is 4.68 Å². The van der Waals surface area contributed by atoms with Crippen molar-refractivity contribution in [2.75, 3.05) is 7.11 Å². The fourth-order valence-electron chi connectivity index (χ4n) is 1.98. The average Bonchev–Trinajstić information content (AvgIpc) is 2.82. The van der Waals surface area contributed by atoms with Gasteiger partial charge in [-0.1, -0.05) is 12.1 Å². The van der Waals surface area contributed by atoms with Crippen molar-refractivity contribution in [2.45, 2.75) is 26.0 Å². The van der Waals surface area contributed by atoms with E-state index in [1.807, 2.05) is 32.2 Å². The van der Waals surface area contributed by atoms with Gasteiger partial charge in [0.1, 0.15) is 12.9 Å². The Morgan fingerprint density at radius 1 is 1.40 bits per heavy atom. The number of rotatable bonds is 6. The molecule has 6 heteroatoms. The molecule has 0 saturated heterocycles. The Kier molecular flexibility index (Phi) is 4.57. The number of hydrogen-bond donors (Lipinski definition) is 1. The Balaban J connectivity index is 2.21. The second-order valence-corrected chi connectivity index (χ2v) is 4.72. The molecule has 1 unspecified atom stereocenters. The van der Waals surface area contributed by atoms with E-state index >= 15 is 0 Å². The summed E-state index contributed by atoms with van der Waals surface area (Å²) in [6, 6.07) is 5.86. The molecule has 20 heavy (non-hydrogen) atoms. The molecule has 1 aromatic carbocycles. The van der Waals surface area contributed by atoms with Crippen LogP contribution >= 0.6 is 0 Å². The lowest BCUT2D eigenvalue weighted by atomic mass is 10.1. The van der Waals surface area contributed by atoms with Crippen LogP contribution in [0.1, 0.15) is 18.3 Å². The summed E-state index contributed by atoms with van der Waals surface area (Å²) < 4.78 is 12.9. The minimum Gasteiger partial charge on any atom is -0.493 e. The van der Waals surface area contributed by atoms with Crippen molar-refractivity contribution < 1.29 is 9.47 Å². The van der Waals surface area contributed by atoms with E-state index in [1.165, 1.54) is 6.33 Å². The third-order valence-corrected chi connectivity index (χ3v) is 2.97. The normalized spacial score (nSPS) is 12.2. The van der Waals surface area contributed by atoms with Crippen molar-refractivity contribution in [1.82, 2.24) is 14.8 Å². The highest BCUT2D eigenvalue weighted by atomic mass is 16.5. The van der Waals surface area contributed by atoms with Gasteiger partial charge in [0.05, 0.1) is 7.11 Å². The van der Waals surface area contributed by atoms with Crippen molar-refractivity contribution in [3.63, 3.8) is 0 Å². The smallest absolute Gasteiger partial charge is 0.165 e. The molecule has 0 saturated carbocycles. The number of nitrogens with two attached hydrogens (primary N) is 1. The molecule has 0 fully saturated rings. The van der Waals surface area contributed by atoms with Gasteiger partial charge in [0.2, 0.25) is 0 Å². The number of aryl methyl sites for hydroxylation is 1. The maximum absolute atomic E-state index is 5.88. The summed E-state index contributed by atoms with van der Waals surface area (Å²) in [6.45, 7) is 2.30. The summed E-state index contributed by atoms with van der Waals surface area (Å²) in [5.74, 6) is 2.17. The van der Waals surface area contributed by atoms with Crippen LogP contribution in [0.2, 0.25) is 0 Å². The number of para-hydroxylation sites is 1. The number of ether oxygens (including phenoxy) is 2. The lowest BCUT2D eigenvalue weighted by molar-refractivity contribution is 0.268. The molecular weight excluding hydrogens is 256 g/mol. The quantitative estimate of drug-likeness (QED) is 0.860. The van der Waals surface area contributed by atoms with Crippen LogP contribution in [0.3, 0.4) is 0 Å². The van der Waals surface area contributed by atoms with Gasteiger partial charge in [-0.05, 0) is 25.0 Å². The lowest BCUT2D eigenvalue weighted by Crippen LogP contribution is -2.18. The molecule has 2 aromatic rings. The number of methoxy groups -OCH3 is 1. The maximum Gasteiger partial charge on any atom is 0.165 e. The minimum atomic E-state index is 0.0549. The van der Waals surface area contributed by atoms with Gasteiger partial charge >= 0.3 is 0 Å². The first kappa shape index (κ1) is 14.3. The molecule has 108 valence electrons. The number of hydrogen-bond acceptors (Lipinski definition) is 5. The predicted octanol–water partition coefficient (Wildman–Crippen LogP) is 1.29. The van der Waals surface area contributed by atoms with Gasteiger partial charge in [0.25, 0.3) is 0 Å². The highest BCUT2D eigenvalue weighted by Gasteiger charge is 2.13. The van der Waals surface area contributed by atoms with Crippen LogP contribution in [0.15, 0.2) is 24.5 Å². The van der Waals surface area contributed by atoms with Crippen molar-refractivity contribution in [1.29, 1.82) is 0 Å². The summed E-state index contributed by atoms with van der Waals surface area (Å²) in [5.41, 5.74) is 6.91. The average molecular weight is 276 g/mol. The van der Waals surface area contributed by atoms with E-state index in [2.05, 4.69) is 10.1 Å². The molecule has 0 amide bonds. The molecule has 2 N–H and O–H groups in total. The Labute approximate surface area is 118 Å². The van der Waals surface area contributed by atoms with Crippen molar-refractivity contribution in [3.05, 3.63) is 35.9 Å². The topological polar surface area (TPSA) is 75.2 Å². The van der Waals surface area contributed by atoms with E-state index in [4.69, 9.17) is 15.2 Å². The van der Waals surface area contributed by atoms with Gasteiger partial charge in [-0.25, -0.2) is 4.98 Å². The highest BCUT2D eigenvalue weighted by molar-refractivity contribution is 5.47. The monoisotopic (exact) mass is 276 g/mol. The summed E-state index contributed by atoms with van der Waals surface area (Å²) in [6.07, 6.45) is 2.23. The van der Waals surface area contributed by atoms with Crippen LogP contribution in [0.25, 0.3) is 0 Å². The summed E-state index contributed by atoms with van der Waals surface area (Å²) in [4.78, 5) is 4.14. The Bertz CT molecular complexity index is 566. The molecular formula is C14H20N4O2. The SMILES string of the molecule is COc1cccc(CC(C)N)c1OCc1ncnn1C. The number of benzene rings is 1. The van der Waals surface area contributed by atoms with Gasteiger partial charge in [-0.2, -0.15) is 5.10 Å². The predicted molar refractivity (Wildman–Crippen MR) is 75.7 cm³/mol. The Morgan fingerprint density at radius 3 is 2.80 bits per heavy atom. The maximum atomic E-state index is 5.88. The van der Waals surface area contributed by atoms with E-state index in [1.54, 1.807) is 11.8 Å². The molecule has 0 bridgehead atoms. The van der Waals surface area contributed by atoms with Crippen molar-refractivity contribution in [3.8, 4) is 11.5 Å². The van der Waals surface area contributed by atoms with E-state index in [-0.39, 0.29) is 6.04 Å². The van der Waals surface area contributed by atoms with Crippen molar-refractivity contribution in [2.24, 2.45) is 12.8 Å². The van der Waals surface area contributed by atoms with Crippen LogP contribution in [0.5, 0.6) is 11.5 Å². The summed E-state index contributed by atoms with van der Waals surface area (Å²) >= 11 is 0. The first-order chi connectivity index (χ1) is 9.61. The van der Waals surface area contributed by atoms with Crippen LogP contribution in [-0.4, -0.2) is 27.9 Å². The zero-order valence-electron chi connectivity index (χ0n) is 12.0. The second-order valence-electron chi connectivity index (χ2n) is 4.72. The molecule has 6 nitrogen and oxygen atoms in total. The van der Waals surface area contributed by atoms with Gasteiger partial charge in [-0.15, -0.1) is 0 Å². The first-order valence-electron chi connectivity index (χ1n) is 6.49. The third kappa shape index (κ3) is 3.27. The van der Waals surface area contributed by atoms with E-state index < -0.39 is 0 Å². The standard InChI is InChI=1S/C14H20N4O2/c1-10(15)7-11-5-4-6-12(19-3)14(11)20-8-13-16-9-17-18(13)2/h4-6,9-10H,7-8,15H2,1-3H3. The molecule has 1 aromatic heterocycles. The molecule has 1 atom stereocenters. The van der Waals surface area contributed by atoms with Crippen molar-refractivity contribution >= 4 is 0 Å². The Morgan fingerprint density at radius 2 is 2.20 bits per heavy atom. The molecule has 1 heterocycles. The molecule has 2 rings (SSSR count). The summed E-state index contributed by atoms with van der Waals surface area (Å²) in [7, 11) is 3.46. The third-order valence-electron chi connectivity index (χ3n) is 2.97. The molecule has 0 spiro atoms. The lowest BCUT2D eigenvalue weighted by Gasteiger charge is -2.16. The highest BCUT2D eigenvalue weighted by Crippen LogP contribution is 2.32. The van der Waals surface area contributed by atoms with Crippen LogP contribution in [0, 0.1) is 0 Å². The van der Waals surface area contributed by atoms with E-state index in [0.29, 0.717) is 12.4 Å². The largest absolute Gasteiger partial charge is 0.493 e. The fourth-order valence-corrected chi connectivity index (χ4v) is 1.98. The minimum absolute atomic E-state index is 0.0549. The molecule has 0 aliphatic heterocycles. The van der Waals surface area contributed by atoms with Gasteiger partial charge in [0.15, 0.2) is 17.3 Å². The Hall–Kier alpha value is -2.08. The molecule has 0 aliphatic carbocycles. The fraction of sp³-hybridized carbons (Fsp3) is 0.429. The van der Waals surface area contributed by atoms with Crippen LogP contribution in [0.4, 0.5) is 0 Å². The molecule has 0 aliphatic rings. The zero-order valence-corrected chi connectivity index (χ0v) is 12.0. The summed E-state index contributed by atoms with van der Waals surface area (Å²) in [5, 5.41) is 4.02. The second kappa shape index (κ2) is 6.38. The van der Waals surface area contributed by atoms with E-state index in [0.717, 1.165) is 23.6 Å². The number of aromatic nitrogens is 3. The van der Waals surface area contributed by atoms with Gasteiger partial charge < -0.3 is 15.2 Å². The molecule has 0 radical (unpaired) electrons. The number of nitrogens with zero attached hydrogens (tertiary/aromatic N) is 3.